The average molecular weight is 281 g/mol. The maximum atomic E-state index is 4.16. The van der Waals surface area contributed by atoms with Crippen molar-refractivity contribution in [3.63, 3.8) is 0 Å². The molecule has 0 amide bonds. The number of benzene rings is 1. The van der Waals surface area contributed by atoms with Gasteiger partial charge in [-0.05, 0) is 36.6 Å². The van der Waals surface area contributed by atoms with Gasteiger partial charge in [0.15, 0.2) is 0 Å². The maximum Gasteiger partial charge on any atom is 0.0312 e. The molecule has 0 bridgehead atoms. The smallest absolute Gasteiger partial charge is 0.0312 e. The second-order valence-corrected chi connectivity index (χ2v) is 5.76. The molecule has 1 fully saturated rings. The van der Waals surface area contributed by atoms with Gasteiger partial charge in [0.1, 0.15) is 0 Å². The lowest BCUT2D eigenvalue weighted by atomic mass is 10.1. The fourth-order valence-corrected chi connectivity index (χ4v) is 2.90. The molecule has 3 nitrogen and oxygen atoms in total. The Labute approximate surface area is 127 Å². The summed E-state index contributed by atoms with van der Waals surface area (Å²) < 4.78 is 0. The van der Waals surface area contributed by atoms with Crippen LogP contribution in [0, 0.1) is 0 Å². The van der Waals surface area contributed by atoms with Crippen molar-refractivity contribution in [1.82, 2.24) is 15.2 Å². The Bertz CT molecular complexity index is 477. The van der Waals surface area contributed by atoms with E-state index in [4.69, 9.17) is 0 Å². The van der Waals surface area contributed by atoms with Crippen LogP contribution in [0.5, 0.6) is 0 Å². The van der Waals surface area contributed by atoms with Gasteiger partial charge in [-0.15, -0.1) is 0 Å². The van der Waals surface area contributed by atoms with Gasteiger partial charge in [-0.25, -0.2) is 0 Å². The van der Waals surface area contributed by atoms with Crippen molar-refractivity contribution in [3.8, 4) is 0 Å². The standard InChI is InChI=1S/C18H23N3/c1-2-5-16(6-3-1)8-11-21-12-9-18(15-21)20-14-17-7-4-10-19-13-17/h1-7,10,13,18,20H,8-9,11-12,14-15H2. The van der Waals surface area contributed by atoms with Crippen LogP contribution in [0.25, 0.3) is 0 Å². The molecule has 1 aliphatic heterocycles. The second kappa shape index (κ2) is 7.34. The number of likely N-dealkylation sites (tertiary alicyclic amines) is 1. The van der Waals surface area contributed by atoms with Crippen LogP contribution < -0.4 is 5.32 Å². The van der Waals surface area contributed by atoms with Gasteiger partial charge in [-0.2, -0.15) is 0 Å². The molecule has 1 atom stereocenters. The van der Waals surface area contributed by atoms with E-state index in [2.05, 4.69) is 51.6 Å². The van der Waals surface area contributed by atoms with E-state index < -0.39 is 0 Å². The second-order valence-electron chi connectivity index (χ2n) is 5.76. The normalized spacial score (nSPS) is 19.0. The fraction of sp³-hybridized carbons (Fsp3) is 0.389. The molecule has 1 aromatic carbocycles. The lowest BCUT2D eigenvalue weighted by Gasteiger charge is -2.16. The minimum absolute atomic E-state index is 0.612. The predicted molar refractivity (Wildman–Crippen MR) is 86.1 cm³/mol. The van der Waals surface area contributed by atoms with Crippen LogP contribution in [0.4, 0.5) is 0 Å². The van der Waals surface area contributed by atoms with E-state index in [0.29, 0.717) is 6.04 Å². The van der Waals surface area contributed by atoms with Gasteiger partial charge in [0.2, 0.25) is 0 Å². The molecule has 3 heteroatoms. The Hall–Kier alpha value is -1.71. The molecule has 0 saturated carbocycles. The summed E-state index contributed by atoms with van der Waals surface area (Å²) in [6, 6.07) is 15.5. The third kappa shape index (κ3) is 4.38. The van der Waals surface area contributed by atoms with Crippen molar-refractivity contribution in [2.75, 3.05) is 19.6 Å². The van der Waals surface area contributed by atoms with Gasteiger partial charge in [-0.1, -0.05) is 36.4 Å². The summed E-state index contributed by atoms with van der Waals surface area (Å²) in [7, 11) is 0. The largest absolute Gasteiger partial charge is 0.309 e. The zero-order valence-corrected chi connectivity index (χ0v) is 12.4. The van der Waals surface area contributed by atoms with Gasteiger partial charge in [0.25, 0.3) is 0 Å². The molecule has 1 saturated heterocycles. The van der Waals surface area contributed by atoms with Crippen molar-refractivity contribution in [3.05, 3.63) is 66.0 Å². The van der Waals surface area contributed by atoms with E-state index in [1.54, 1.807) is 0 Å². The molecule has 1 unspecified atom stereocenters. The van der Waals surface area contributed by atoms with Gasteiger partial charge in [0, 0.05) is 38.1 Å². The number of rotatable bonds is 6. The molecule has 1 aromatic heterocycles. The molecule has 1 aliphatic rings. The number of nitrogens with zero attached hydrogens (tertiary/aromatic N) is 2. The zero-order chi connectivity index (χ0) is 14.3. The topological polar surface area (TPSA) is 28.2 Å². The van der Waals surface area contributed by atoms with E-state index in [-0.39, 0.29) is 0 Å². The Morgan fingerprint density at radius 3 is 2.76 bits per heavy atom. The van der Waals surface area contributed by atoms with Gasteiger partial charge in [-0.3, -0.25) is 4.98 Å². The molecule has 2 aromatic rings. The van der Waals surface area contributed by atoms with Crippen LogP contribution in [0.2, 0.25) is 0 Å². The first-order valence-electron chi connectivity index (χ1n) is 7.79. The minimum atomic E-state index is 0.612. The van der Waals surface area contributed by atoms with E-state index >= 15 is 0 Å². The lowest BCUT2D eigenvalue weighted by Crippen LogP contribution is -2.32. The lowest BCUT2D eigenvalue weighted by molar-refractivity contribution is 0.331. The highest BCUT2D eigenvalue weighted by molar-refractivity contribution is 5.15. The van der Waals surface area contributed by atoms with Crippen molar-refractivity contribution in [2.24, 2.45) is 0 Å². The molecule has 1 N–H and O–H groups in total. The first-order valence-corrected chi connectivity index (χ1v) is 7.79. The molecule has 110 valence electrons. The van der Waals surface area contributed by atoms with E-state index in [1.807, 2.05) is 18.5 Å². The Balaban J connectivity index is 1.39. The monoisotopic (exact) mass is 281 g/mol. The summed E-state index contributed by atoms with van der Waals surface area (Å²) in [5.41, 5.74) is 2.70. The maximum absolute atomic E-state index is 4.16. The zero-order valence-electron chi connectivity index (χ0n) is 12.4. The molecular weight excluding hydrogens is 258 g/mol. The van der Waals surface area contributed by atoms with Crippen molar-refractivity contribution in [2.45, 2.75) is 25.4 Å². The van der Waals surface area contributed by atoms with Gasteiger partial charge in [0.05, 0.1) is 0 Å². The minimum Gasteiger partial charge on any atom is -0.309 e. The fourth-order valence-electron chi connectivity index (χ4n) is 2.90. The van der Waals surface area contributed by atoms with Crippen LogP contribution in [0.15, 0.2) is 54.9 Å². The third-order valence-corrected chi connectivity index (χ3v) is 4.15. The molecular formula is C18H23N3. The van der Waals surface area contributed by atoms with Crippen molar-refractivity contribution < 1.29 is 0 Å². The Kier molecular flexibility index (Phi) is 4.98. The van der Waals surface area contributed by atoms with Crippen LogP contribution >= 0.6 is 0 Å². The SMILES string of the molecule is c1ccc(CCN2CCC(NCc3cccnc3)C2)cc1. The van der Waals surface area contributed by atoms with Crippen LogP contribution in [0.1, 0.15) is 17.5 Å². The van der Waals surface area contributed by atoms with E-state index in [0.717, 1.165) is 26.1 Å². The highest BCUT2D eigenvalue weighted by atomic mass is 15.2. The van der Waals surface area contributed by atoms with E-state index in [1.165, 1.54) is 24.1 Å². The Morgan fingerprint density at radius 2 is 1.95 bits per heavy atom. The summed E-state index contributed by atoms with van der Waals surface area (Å²) in [6.45, 7) is 4.45. The highest BCUT2D eigenvalue weighted by Gasteiger charge is 2.21. The molecule has 2 heterocycles. The molecule has 0 radical (unpaired) electrons. The number of hydrogen-bond acceptors (Lipinski definition) is 3. The number of nitrogens with one attached hydrogen (secondary N) is 1. The van der Waals surface area contributed by atoms with Gasteiger partial charge >= 0.3 is 0 Å². The third-order valence-electron chi connectivity index (χ3n) is 4.15. The summed E-state index contributed by atoms with van der Waals surface area (Å²) in [6.07, 6.45) is 6.16. The van der Waals surface area contributed by atoms with Crippen LogP contribution in [-0.2, 0) is 13.0 Å². The summed E-state index contributed by atoms with van der Waals surface area (Å²) >= 11 is 0. The first-order chi connectivity index (χ1) is 10.4. The molecule has 0 spiro atoms. The summed E-state index contributed by atoms with van der Waals surface area (Å²) in [5.74, 6) is 0. The molecule has 3 rings (SSSR count). The molecule has 0 aliphatic carbocycles. The average Bonchev–Trinajstić information content (AvgIpc) is 3.01. The van der Waals surface area contributed by atoms with E-state index in [9.17, 15) is 0 Å². The summed E-state index contributed by atoms with van der Waals surface area (Å²) in [4.78, 5) is 6.72. The van der Waals surface area contributed by atoms with Crippen LogP contribution in [0.3, 0.4) is 0 Å². The van der Waals surface area contributed by atoms with Crippen molar-refractivity contribution in [1.29, 1.82) is 0 Å². The highest BCUT2D eigenvalue weighted by Crippen LogP contribution is 2.11. The van der Waals surface area contributed by atoms with Gasteiger partial charge < -0.3 is 10.2 Å². The number of hydrogen-bond donors (Lipinski definition) is 1. The predicted octanol–water partition coefficient (Wildman–Crippen LogP) is 2.49. The summed E-state index contributed by atoms with van der Waals surface area (Å²) in [5, 5.41) is 3.64. The first kappa shape index (κ1) is 14.2. The molecule has 21 heavy (non-hydrogen) atoms. The quantitative estimate of drug-likeness (QED) is 0.882. The Morgan fingerprint density at radius 1 is 1.10 bits per heavy atom. The van der Waals surface area contributed by atoms with Crippen molar-refractivity contribution >= 4 is 0 Å². The number of pyridine rings is 1. The number of aromatic nitrogens is 1. The van der Waals surface area contributed by atoms with Crippen LogP contribution in [-0.4, -0.2) is 35.6 Å².